The van der Waals surface area contributed by atoms with Gasteiger partial charge in [0.1, 0.15) is 0 Å². The molecule has 1 N–H and O–H groups in total. The van der Waals surface area contributed by atoms with Gasteiger partial charge >= 0.3 is 0 Å². The van der Waals surface area contributed by atoms with Gasteiger partial charge in [0, 0.05) is 25.7 Å². The molecular formula is C12H21N3. The van der Waals surface area contributed by atoms with E-state index in [0.29, 0.717) is 5.92 Å². The van der Waals surface area contributed by atoms with Crippen LogP contribution in [-0.4, -0.2) is 22.9 Å². The van der Waals surface area contributed by atoms with Gasteiger partial charge in [-0.1, -0.05) is 13.3 Å². The van der Waals surface area contributed by atoms with Crippen molar-refractivity contribution in [2.75, 3.05) is 13.1 Å². The van der Waals surface area contributed by atoms with Gasteiger partial charge < -0.3 is 5.32 Å². The number of hydrogen-bond acceptors (Lipinski definition) is 2. The lowest BCUT2D eigenvalue weighted by Gasteiger charge is -2.22. The first-order chi connectivity index (χ1) is 7.31. The average Bonchev–Trinajstić information content (AvgIpc) is 2.62. The molecule has 1 aliphatic rings. The first-order valence-corrected chi connectivity index (χ1v) is 6.04. The minimum Gasteiger partial charge on any atom is -0.316 e. The van der Waals surface area contributed by atoms with Crippen LogP contribution in [-0.2, 0) is 13.5 Å². The van der Waals surface area contributed by atoms with Crippen LogP contribution < -0.4 is 5.32 Å². The summed E-state index contributed by atoms with van der Waals surface area (Å²) in [5, 5.41) is 8.09. The summed E-state index contributed by atoms with van der Waals surface area (Å²) in [4.78, 5) is 0. The molecule has 0 aromatic carbocycles. The molecular weight excluding hydrogens is 186 g/mol. The van der Waals surface area contributed by atoms with E-state index in [0.717, 1.165) is 6.54 Å². The van der Waals surface area contributed by atoms with Gasteiger partial charge in [0.15, 0.2) is 0 Å². The summed E-state index contributed by atoms with van der Waals surface area (Å²) in [6.45, 7) is 4.51. The molecule has 1 saturated heterocycles. The molecule has 0 amide bonds. The molecule has 1 unspecified atom stereocenters. The van der Waals surface area contributed by atoms with Gasteiger partial charge in [-0.2, -0.15) is 5.10 Å². The van der Waals surface area contributed by atoms with Gasteiger partial charge in [-0.15, -0.1) is 0 Å². The molecule has 2 rings (SSSR count). The van der Waals surface area contributed by atoms with E-state index in [1.807, 2.05) is 11.7 Å². The molecule has 1 fully saturated rings. The molecule has 0 spiro atoms. The predicted molar refractivity (Wildman–Crippen MR) is 62.0 cm³/mol. The molecule has 1 aromatic heterocycles. The van der Waals surface area contributed by atoms with E-state index >= 15 is 0 Å². The van der Waals surface area contributed by atoms with Gasteiger partial charge in [-0.05, 0) is 31.4 Å². The van der Waals surface area contributed by atoms with Crippen LogP contribution in [0.15, 0.2) is 6.20 Å². The van der Waals surface area contributed by atoms with Crippen molar-refractivity contribution in [2.24, 2.45) is 7.05 Å². The zero-order valence-electron chi connectivity index (χ0n) is 9.79. The highest BCUT2D eigenvalue weighted by atomic mass is 15.3. The third-order valence-electron chi connectivity index (χ3n) is 3.14. The summed E-state index contributed by atoms with van der Waals surface area (Å²) in [5.74, 6) is 0.640. The second kappa shape index (κ2) is 4.79. The summed E-state index contributed by atoms with van der Waals surface area (Å²) in [6.07, 6.45) is 7.14. The van der Waals surface area contributed by atoms with E-state index in [4.69, 9.17) is 0 Å². The van der Waals surface area contributed by atoms with E-state index in [-0.39, 0.29) is 0 Å². The molecule has 1 aromatic rings. The fourth-order valence-corrected chi connectivity index (χ4v) is 2.45. The smallest absolute Gasteiger partial charge is 0.0699 e. The zero-order chi connectivity index (χ0) is 10.7. The van der Waals surface area contributed by atoms with Gasteiger partial charge in [0.2, 0.25) is 0 Å². The lowest BCUT2D eigenvalue weighted by atomic mass is 9.93. The number of hydrogen-bond donors (Lipinski definition) is 1. The molecule has 15 heavy (non-hydrogen) atoms. The van der Waals surface area contributed by atoms with Crippen LogP contribution in [0.25, 0.3) is 0 Å². The summed E-state index contributed by atoms with van der Waals surface area (Å²) < 4.78 is 1.97. The van der Waals surface area contributed by atoms with Gasteiger partial charge in [-0.25, -0.2) is 0 Å². The number of aryl methyl sites for hydroxylation is 2. The lowest BCUT2D eigenvalue weighted by molar-refractivity contribution is 0.449. The van der Waals surface area contributed by atoms with Crippen LogP contribution in [0.4, 0.5) is 0 Å². The fraction of sp³-hybridized carbons (Fsp3) is 0.750. The van der Waals surface area contributed by atoms with E-state index < -0.39 is 0 Å². The van der Waals surface area contributed by atoms with E-state index in [2.05, 4.69) is 23.5 Å². The minimum absolute atomic E-state index is 0.640. The highest BCUT2D eigenvalue weighted by Crippen LogP contribution is 2.25. The van der Waals surface area contributed by atoms with E-state index in [9.17, 15) is 0 Å². The number of nitrogens with one attached hydrogen (secondary N) is 1. The van der Waals surface area contributed by atoms with Crippen molar-refractivity contribution in [3.05, 3.63) is 17.5 Å². The summed E-state index contributed by atoms with van der Waals surface area (Å²) in [6, 6.07) is 0. The maximum Gasteiger partial charge on any atom is 0.0699 e. The van der Waals surface area contributed by atoms with Crippen LogP contribution >= 0.6 is 0 Å². The highest BCUT2D eigenvalue weighted by Gasteiger charge is 2.20. The maximum absolute atomic E-state index is 4.63. The summed E-state index contributed by atoms with van der Waals surface area (Å²) in [5.41, 5.74) is 2.79. The van der Waals surface area contributed by atoms with Gasteiger partial charge in [-0.3, -0.25) is 4.68 Å². The predicted octanol–water partition coefficient (Wildman–Crippen LogP) is 1.84. The number of aromatic nitrogens is 2. The van der Waals surface area contributed by atoms with Crippen molar-refractivity contribution in [3.63, 3.8) is 0 Å². The second-order valence-electron chi connectivity index (χ2n) is 4.51. The van der Waals surface area contributed by atoms with E-state index in [1.165, 1.54) is 43.5 Å². The van der Waals surface area contributed by atoms with Gasteiger partial charge in [0.05, 0.1) is 5.69 Å². The Labute approximate surface area is 91.9 Å². The Bertz CT molecular complexity index is 311. The Morgan fingerprint density at radius 3 is 3.13 bits per heavy atom. The quantitative estimate of drug-likeness (QED) is 0.819. The molecule has 3 heteroatoms. The molecule has 3 nitrogen and oxygen atoms in total. The Hall–Kier alpha value is -0.830. The third kappa shape index (κ3) is 2.40. The van der Waals surface area contributed by atoms with Crippen molar-refractivity contribution >= 4 is 0 Å². The zero-order valence-corrected chi connectivity index (χ0v) is 9.79. The molecule has 0 radical (unpaired) electrons. The maximum atomic E-state index is 4.63. The molecule has 0 bridgehead atoms. The van der Waals surface area contributed by atoms with Crippen LogP contribution in [0.1, 0.15) is 43.4 Å². The monoisotopic (exact) mass is 207 g/mol. The largest absolute Gasteiger partial charge is 0.316 e. The fourth-order valence-electron chi connectivity index (χ4n) is 2.45. The Balaban J connectivity index is 2.17. The molecule has 0 aliphatic carbocycles. The Morgan fingerprint density at radius 1 is 1.60 bits per heavy atom. The average molecular weight is 207 g/mol. The van der Waals surface area contributed by atoms with Crippen LogP contribution in [0.5, 0.6) is 0 Å². The first kappa shape index (κ1) is 10.7. The second-order valence-corrected chi connectivity index (χ2v) is 4.51. The highest BCUT2D eigenvalue weighted by molar-refractivity contribution is 5.22. The van der Waals surface area contributed by atoms with Gasteiger partial charge in [0.25, 0.3) is 0 Å². The minimum atomic E-state index is 0.640. The molecule has 1 aliphatic heterocycles. The standard InChI is InChI=1S/C12H21N3/c1-3-5-11-9-15(2)14-12(11)10-6-4-7-13-8-10/h9-10,13H,3-8H2,1-2H3. The van der Waals surface area contributed by atoms with E-state index in [1.54, 1.807) is 0 Å². The lowest BCUT2D eigenvalue weighted by Crippen LogP contribution is -2.29. The molecule has 1 atom stereocenters. The SMILES string of the molecule is CCCc1cn(C)nc1C1CCCNC1. The van der Waals surface area contributed by atoms with Crippen molar-refractivity contribution in [3.8, 4) is 0 Å². The number of piperidine rings is 1. The molecule has 84 valence electrons. The Morgan fingerprint density at radius 2 is 2.47 bits per heavy atom. The van der Waals surface area contributed by atoms with Crippen molar-refractivity contribution in [2.45, 2.75) is 38.5 Å². The summed E-state index contributed by atoms with van der Waals surface area (Å²) >= 11 is 0. The van der Waals surface area contributed by atoms with Crippen LogP contribution in [0.2, 0.25) is 0 Å². The van der Waals surface area contributed by atoms with Crippen molar-refractivity contribution in [1.82, 2.24) is 15.1 Å². The third-order valence-corrected chi connectivity index (χ3v) is 3.14. The summed E-state index contributed by atoms with van der Waals surface area (Å²) in [7, 11) is 2.03. The topological polar surface area (TPSA) is 29.9 Å². The number of nitrogens with zero attached hydrogens (tertiary/aromatic N) is 2. The van der Waals surface area contributed by atoms with Crippen LogP contribution in [0, 0.1) is 0 Å². The normalized spacial score (nSPS) is 21.9. The number of rotatable bonds is 3. The molecule has 0 saturated carbocycles. The van der Waals surface area contributed by atoms with Crippen molar-refractivity contribution in [1.29, 1.82) is 0 Å². The molecule has 2 heterocycles. The first-order valence-electron chi connectivity index (χ1n) is 6.04. The van der Waals surface area contributed by atoms with Crippen LogP contribution in [0.3, 0.4) is 0 Å². The Kier molecular flexibility index (Phi) is 3.41. The van der Waals surface area contributed by atoms with Crippen molar-refractivity contribution < 1.29 is 0 Å².